The van der Waals surface area contributed by atoms with Crippen molar-refractivity contribution in [3.63, 3.8) is 0 Å². The van der Waals surface area contributed by atoms with Crippen molar-refractivity contribution in [2.45, 2.75) is 44.9 Å². The molecule has 0 radical (unpaired) electrons. The van der Waals surface area contributed by atoms with Crippen molar-refractivity contribution in [1.29, 1.82) is 0 Å². The van der Waals surface area contributed by atoms with Crippen LogP contribution in [0.4, 0.5) is 0 Å². The summed E-state index contributed by atoms with van der Waals surface area (Å²) in [6.45, 7) is 9.66. The van der Waals surface area contributed by atoms with E-state index in [1.807, 2.05) is 31.3 Å². The first-order chi connectivity index (χ1) is 17.6. The Morgan fingerprint density at radius 1 is 1.03 bits per heavy atom. The van der Waals surface area contributed by atoms with Gasteiger partial charge in [-0.2, -0.15) is 0 Å². The molecular weight excluding hydrogens is 486 g/mol. The second-order valence-corrected chi connectivity index (χ2v) is 8.83. The Morgan fingerprint density at radius 3 is 2.22 bits per heavy atom. The van der Waals surface area contributed by atoms with Gasteiger partial charge in [0, 0.05) is 32.4 Å². The van der Waals surface area contributed by atoms with Gasteiger partial charge in [0.2, 0.25) is 0 Å². The molecule has 0 amide bonds. The van der Waals surface area contributed by atoms with Crippen molar-refractivity contribution in [2.75, 3.05) is 39.4 Å². The number of ether oxygens (including phenoxy) is 1. The first-order valence-corrected chi connectivity index (χ1v) is 11.9. The third kappa shape index (κ3) is 11.5. The van der Waals surface area contributed by atoms with Crippen molar-refractivity contribution >= 4 is 17.9 Å². The summed E-state index contributed by atoms with van der Waals surface area (Å²) in [7, 11) is 0. The molecule has 1 fully saturated rings. The first kappa shape index (κ1) is 29.9. The van der Waals surface area contributed by atoms with Crippen molar-refractivity contribution in [1.82, 2.24) is 14.8 Å². The highest BCUT2D eigenvalue weighted by atomic mass is 16.5. The van der Waals surface area contributed by atoms with Gasteiger partial charge in [-0.15, -0.1) is 0 Å². The summed E-state index contributed by atoms with van der Waals surface area (Å²) < 4.78 is 11.2. The second kappa shape index (κ2) is 15.1. The number of rotatable bonds is 13. The van der Waals surface area contributed by atoms with Crippen LogP contribution in [0.3, 0.4) is 0 Å². The van der Waals surface area contributed by atoms with Gasteiger partial charge in [0.25, 0.3) is 0 Å². The summed E-state index contributed by atoms with van der Waals surface area (Å²) >= 11 is 0. The lowest BCUT2D eigenvalue weighted by Gasteiger charge is -2.28. The van der Waals surface area contributed by atoms with Crippen LogP contribution in [0.1, 0.15) is 36.5 Å². The van der Waals surface area contributed by atoms with E-state index in [0.717, 1.165) is 76.1 Å². The molecule has 204 valence electrons. The van der Waals surface area contributed by atoms with Gasteiger partial charge in [-0.05, 0) is 44.2 Å². The fourth-order valence-electron chi connectivity index (χ4n) is 3.78. The Morgan fingerprint density at radius 2 is 1.70 bits per heavy atom. The Balaban J connectivity index is 0.000000317. The van der Waals surface area contributed by atoms with Gasteiger partial charge in [-0.25, -0.2) is 4.79 Å². The average Bonchev–Trinajstić information content (AvgIpc) is 3.24. The lowest BCUT2D eigenvalue weighted by Crippen LogP contribution is -2.42. The van der Waals surface area contributed by atoms with Crippen LogP contribution >= 0.6 is 0 Å². The minimum atomic E-state index is -2.74. The second-order valence-electron chi connectivity index (χ2n) is 8.83. The van der Waals surface area contributed by atoms with Crippen LogP contribution in [0.5, 0.6) is 0 Å². The summed E-state index contributed by atoms with van der Waals surface area (Å²) in [6.07, 6.45) is 0.716. The predicted molar refractivity (Wildman–Crippen MR) is 131 cm³/mol. The van der Waals surface area contributed by atoms with E-state index < -0.39 is 36.4 Å². The standard InChI is InChI=1S/C19H27N3O2.C6H8O7/c1-17-6-7-19(24-17)16-22(15-18-5-2-3-8-20-18)10-4-9-21-11-13-23-14-12-21;7-3(8)1-6(13,5(11)12)2-4(9)10/h2-3,5-8H,4,9-16H2,1H3;13H,1-2H2,(H,7,8)(H,9,10)(H,11,12). The van der Waals surface area contributed by atoms with E-state index in [1.165, 1.54) is 0 Å². The molecule has 1 aliphatic heterocycles. The van der Waals surface area contributed by atoms with E-state index in [4.69, 9.17) is 29.6 Å². The summed E-state index contributed by atoms with van der Waals surface area (Å²) in [5.74, 6) is -3.03. The predicted octanol–water partition coefficient (Wildman–Crippen LogP) is 1.46. The summed E-state index contributed by atoms with van der Waals surface area (Å²) in [6, 6.07) is 10.2. The molecule has 3 heterocycles. The maximum atomic E-state index is 10.3. The highest BCUT2D eigenvalue weighted by molar-refractivity contribution is 5.88. The molecule has 1 saturated heterocycles. The molecule has 0 bridgehead atoms. The fourth-order valence-corrected chi connectivity index (χ4v) is 3.78. The van der Waals surface area contributed by atoms with Crippen molar-refractivity contribution in [3.8, 4) is 0 Å². The minimum Gasteiger partial charge on any atom is -0.481 e. The molecule has 1 aliphatic rings. The van der Waals surface area contributed by atoms with Crippen LogP contribution in [0.15, 0.2) is 40.9 Å². The van der Waals surface area contributed by atoms with Gasteiger partial charge < -0.3 is 29.6 Å². The molecule has 0 atom stereocenters. The number of furan rings is 1. The van der Waals surface area contributed by atoms with Crippen LogP contribution < -0.4 is 0 Å². The topological polar surface area (TPSA) is 174 Å². The number of nitrogens with zero attached hydrogens (tertiary/aromatic N) is 3. The van der Waals surface area contributed by atoms with E-state index in [-0.39, 0.29) is 0 Å². The molecule has 0 aliphatic carbocycles. The number of hydrogen-bond donors (Lipinski definition) is 4. The molecule has 2 aromatic heterocycles. The quantitative estimate of drug-likeness (QED) is 0.299. The molecule has 0 unspecified atom stereocenters. The summed E-state index contributed by atoms with van der Waals surface area (Å²) in [5, 5.41) is 33.8. The number of carboxylic acid groups (broad SMARTS) is 3. The van der Waals surface area contributed by atoms with Gasteiger partial charge >= 0.3 is 17.9 Å². The van der Waals surface area contributed by atoms with E-state index >= 15 is 0 Å². The Kier molecular flexibility index (Phi) is 12.2. The van der Waals surface area contributed by atoms with Gasteiger partial charge in [0.05, 0.1) is 38.3 Å². The molecule has 2 aromatic rings. The average molecular weight is 522 g/mol. The Bertz CT molecular complexity index is 974. The van der Waals surface area contributed by atoms with E-state index in [9.17, 15) is 14.4 Å². The zero-order valence-corrected chi connectivity index (χ0v) is 20.9. The number of pyridine rings is 1. The Hall–Kier alpha value is -3.32. The number of carbonyl (C=O) groups is 3. The SMILES string of the molecule is Cc1ccc(CN(CCCN2CCOCC2)Cc2ccccn2)o1.O=C(O)CC(O)(CC(=O)O)C(=O)O. The third-order valence-corrected chi connectivity index (χ3v) is 5.63. The third-order valence-electron chi connectivity index (χ3n) is 5.63. The number of aliphatic hydroxyl groups is 1. The smallest absolute Gasteiger partial charge is 0.336 e. The largest absolute Gasteiger partial charge is 0.481 e. The Labute approximate surface area is 215 Å². The molecule has 4 N–H and O–H groups in total. The monoisotopic (exact) mass is 521 g/mol. The number of carboxylic acids is 3. The zero-order valence-electron chi connectivity index (χ0n) is 20.9. The van der Waals surface area contributed by atoms with E-state index in [0.29, 0.717) is 0 Å². The highest BCUT2D eigenvalue weighted by Crippen LogP contribution is 2.16. The van der Waals surface area contributed by atoms with Crippen LogP contribution in [0.25, 0.3) is 0 Å². The molecule has 12 heteroatoms. The minimum absolute atomic E-state index is 0.827. The fraction of sp³-hybridized carbons (Fsp3) is 0.520. The van der Waals surface area contributed by atoms with Crippen molar-refractivity contribution < 1.29 is 44.0 Å². The van der Waals surface area contributed by atoms with Crippen molar-refractivity contribution in [2.24, 2.45) is 0 Å². The first-order valence-electron chi connectivity index (χ1n) is 11.9. The number of aryl methyl sites for hydroxylation is 1. The van der Waals surface area contributed by atoms with Crippen molar-refractivity contribution in [3.05, 3.63) is 53.7 Å². The number of hydrogen-bond acceptors (Lipinski definition) is 9. The molecular formula is C25H35N3O9. The molecule has 3 rings (SSSR count). The van der Waals surface area contributed by atoms with Crippen LogP contribution in [-0.4, -0.2) is 98.1 Å². The van der Waals surface area contributed by atoms with E-state index in [1.54, 1.807) is 0 Å². The highest BCUT2D eigenvalue weighted by Gasteiger charge is 2.40. The zero-order chi connectivity index (χ0) is 27.3. The number of aromatic nitrogens is 1. The maximum Gasteiger partial charge on any atom is 0.336 e. The van der Waals surface area contributed by atoms with Gasteiger partial charge in [0.1, 0.15) is 11.5 Å². The maximum absolute atomic E-state index is 10.3. The molecule has 12 nitrogen and oxygen atoms in total. The van der Waals surface area contributed by atoms with Crippen LogP contribution in [0.2, 0.25) is 0 Å². The lowest BCUT2D eigenvalue weighted by atomic mass is 9.96. The summed E-state index contributed by atoms with van der Waals surface area (Å²) in [4.78, 5) is 39.9. The summed E-state index contributed by atoms with van der Waals surface area (Å²) in [5.41, 5.74) is -1.63. The van der Waals surface area contributed by atoms with Crippen LogP contribution in [-0.2, 0) is 32.2 Å². The molecule has 0 aromatic carbocycles. The van der Waals surface area contributed by atoms with Gasteiger partial charge in [0.15, 0.2) is 5.60 Å². The molecule has 0 saturated carbocycles. The number of aliphatic carboxylic acids is 3. The lowest BCUT2D eigenvalue weighted by molar-refractivity contribution is -0.170. The van der Waals surface area contributed by atoms with Gasteiger partial charge in [-0.1, -0.05) is 6.07 Å². The number of morpholine rings is 1. The molecule has 0 spiro atoms. The van der Waals surface area contributed by atoms with Crippen LogP contribution in [0, 0.1) is 6.92 Å². The van der Waals surface area contributed by atoms with Gasteiger partial charge in [-0.3, -0.25) is 24.4 Å². The normalized spacial score (nSPS) is 14.1. The van der Waals surface area contributed by atoms with E-state index in [2.05, 4.69) is 26.9 Å². The molecule has 37 heavy (non-hydrogen) atoms.